The predicted octanol–water partition coefficient (Wildman–Crippen LogP) is 4.56. The second kappa shape index (κ2) is 8.34. The van der Waals surface area contributed by atoms with E-state index in [-0.39, 0.29) is 18.0 Å². The minimum absolute atomic E-state index is 0.0679. The Bertz CT molecular complexity index is 1350. The number of aliphatic imine (C=N–C) groups is 1. The first-order chi connectivity index (χ1) is 16.6. The van der Waals surface area contributed by atoms with E-state index in [9.17, 15) is 4.79 Å². The van der Waals surface area contributed by atoms with Crippen molar-refractivity contribution in [1.82, 2.24) is 14.5 Å². The third kappa shape index (κ3) is 3.39. The van der Waals surface area contributed by atoms with Gasteiger partial charge in [-0.1, -0.05) is 47.9 Å². The second-order valence-electron chi connectivity index (χ2n) is 8.85. The highest BCUT2D eigenvalue weighted by Crippen LogP contribution is 2.41. The monoisotopic (exact) mass is 469 g/mol. The lowest BCUT2D eigenvalue weighted by atomic mass is 10.1. The van der Waals surface area contributed by atoms with Crippen LogP contribution in [-0.4, -0.2) is 44.9 Å². The maximum absolute atomic E-state index is 13.8. The Morgan fingerprint density at radius 2 is 1.85 bits per heavy atom. The number of rotatable bonds is 3. The molecular weight excluding hydrogens is 446 g/mol. The first-order valence-electron chi connectivity index (χ1n) is 11.7. The summed E-state index contributed by atoms with van der Waals surface area (Å²) in [7, 11) is 0. The molecule has 6 rings (SSSR count). The lowest BCUT2D eigenvalue weighted by Gasteiger charge is -2.35. The fraction of sp³-hybridized carbons (Fsp3) is 0.296. The van der Waals surface area contributed by atoms with Crippen molar-refractivity contribution in [2.24, 2.45) is 4.99 Å². The SMILES string of the molecule is CCN1C(=O)c2c(nc(C#Cc3ccccc3)n2Cc2ccc(Cl)cc2)N2C1=N[C@@H]1CCC[C@@H]12. The number of carbonyl (C=O) groups excluding carboxylic acids is 1. The highest BCUT2D eigenvalue weighted by Gasteiger charge is 2.49. The van der Waals surface area contributed by atoms with Gasteiger partial charge in [-0.3, -0.25) is 14.6 Å². The molecule has 0 N–H and O–H groups in total. The second-order valence-corrected chi connectivity index (χ2v) is 9.29. The van der Waals surface area contributed by atoms with Gasteiger partial charge < -0.3 is 4.57 Å². The summed E-state index contributed by atoms with van der Waals surface area (Å²) >= 11 is 6.11. The molecule has 0 bridgehead atoms. The normalized spacial score (nSPS) is 20.4. The van der Waals surface area contributed by atoms with Crippen LogP contribution in [0.2, 0.25) is 5.02 Å². The molecule has 34 heavy (non-hydrogen) atoms. The molecule has 2 aromatic carbocycles. The number of carbonyl (C=O) groups is 1. The molecule has 1 fully saturated rings. The van der Waals surface area contributed by atoms with E-state index in [2.05, 4.69) is 16.7 Å². The van der Waals surface area contributed by atoms with Crippen molar-refractivity contribution >= 4 is 29.3 Å². The highest BCUT2D eigenvalue weighted by molar-refractivity contribution is 6.30. The number of amides is 1. The molecule has 6 nitrogen and oxygen atoms in total. The van der Waals surface area contributed by atoms with Crippen LogP contribution in [0.25, 0.3) is 0 Å². The summed E-state index contributed by atoms with van der Waals surface area (Å²) in [5, 5.41) is 0.680. The molecule has 1 amide bonds. The molecule has 0 unspecified atom stereocenters. The summed E-state index contributed by atoms with van der Waals surface area (Å²) in [5.74, 6) is 8.42. The van der Waals surface area contributed by atoms with Gasteiger partial charge in [0.1, 0.15) is 0 Å². The summed E-state index contributed by atoms with van der Waals surface area (Å²) in [6, 6.07) is 18.0. The lowest BCUT2D eigenvalue weighted by molar-refractivity contribution is 0.0835. The van der Waals surface area contributed by atoms with Crippen LogP contribution in [0.1, 0.15) is 53.6 Å². The zero-order valence-electron chi connectivity index (χ0n) is 18.9. The van der Waals surface area contributed by atoms with Crippen LogP contribution >= 0.6 is 11.6 Å². The lowest BCUT2D eigenvalue weighted by Crippen LogP contribution is -2.53. The van der Waals surface area contributed by atoms with Crippen LogP contribution in [0.3, 0.4) is 0 Å². The maximum Gasteiger partial charge on any atom is 0.281 e. The maximum atomic E-state index is 13.8. The van der Waals surface area contributed by atoms with Crippen LogP contribution in [0.5, 0.6) is 0 Å². The summed E-state index contributed by atoms with van der Waals surface area (Å²) < 4.78 is 1.96. The third-order valence-corrected chi connectivity index (χ3v) is 7.05. The topological polar surface area (TPSA) is 53.7 Å². The first kappa shape index (κ1) is 21.0. The number of fused-ring (bicyclic) bond motifs is 5. The van der Waals surface area contributed by atoms with Crippen LogP contribution in [0, 0.1) is 11.8 Å². The molecule has 3 heterocycles. The van der Waals surface area contributed by atoms with Gasteiger partial charge in [0.25, 0.3) is 5.91 Å². The third-order valence-electron chi connectivity index (χ3n) is 6.80. The molecular formula is C27H24ClN5O. The van der Waals surface area contributed by atoms with E-state index in [0.717, 1.165) is 36.3 Å². The molecule has 170 valence electrons. The van der Waals surface area contributed by atoms with E-state index in [4.69, 9.17) is 21.6 Å². The van der Waals surface area contributed by atoms with Crippen molar-refractivity contribution in [2.45, 2.75) is 44.8 Å². The van der Waals surface area contributed by atoms with Crippen molar-refractivity contribution in [2.75, 3.05) is 11.4 Å². The molecule has 0 spiro atoms. The summed E-state index contributed by atoms with van der Waals surface area (Å²) in [5.41, 5.74) is 2.52. The smallest absolute Gasteiger partial charge is 0.281 e. The number of anilines is 1. The van der Waals surface area contributed by atoms with Crippen molar-refractivity contribution < 1.29 is 4.79 Å². The Morgan fingerprint density at radius 3 is 2.62 bits per heavy atom. The Labute approximate surface area is 203 Å². The molecule has 1 aromatic heterocycles. The molecule has 0 saturated heterocycles. The number of nitrogens with zero attached hydrogens (tertiary/aromatic N) is 5. The van der Waals surface area contributed by atoms with Crippen LogP contribution in [-0.2, 0) is 6.54 Å². The van der Waals surface area contributed by atoms with Gasteiger partial charge in [-0.2, -0.15) is 0 Å². The van der Waals surface area contributed by atoms with Crippen molar-refractivity contribution in [1.29, 1.82) is 0 Å². The van der Waals surface area contributed by atoms with E-state index in [1.165, 1.54) is 0 Å². The zero-order valence-corrected chi connectivity index (χ0v) is 19.7. The number of hydrogen-bond acceptors (Lipinski definition) is 4. The molecule has 2 aliphatic heterocycles. The molecule has 3 aliphatic rings. The van der Waals surface area contributed by atoms with E-state index in [0.29, 0.717) is 35.4 Å². The zero-order chi connectivity index (χ0) is 23.2. The van der Waals surface area contributed by atoms with Gasteiger partial charge in [0.05, 0.1) is 18.6 Å². The van der Waals surface area contributed by atoms with E-state index < -0.39 is 0 Å². The Balaban J connectivity index is 1.52. The van der Waals surface area contributed by atoms with Gasteiger partial charge in [0, 0.05) is 17.1 Å². The molecule has 1 aliphatic carbocycles. The number of hydrogen-bond donors (Lipinski definition) is 0. The van der Waals surface area contributed by atoms with Gasteiger partial charge in [-0.05, 0) is 61.9 Å². The van der Waals surface area contributed by atoms with Crippen LogP contribution in [0.15, 0.2) is 59.6 Å². The first-order valence-corrected chi connectivity index (χ1v) is 12.1. The Morgan fingerprint density at radius 1 is 1.06 bits per heavy atom. The quantitative estimate of drug-likeness (QED) is 0.528. The molecule has 2 atom stereocenters. The van der Waals surface area contributed by atoms with Gasteiger partial charge >= 0.3 is 0 Å². The number of guanidine groups is 1. The Kier molecular flexibility index (Phi) is 5.15. The number of aromatic nitrogens is 2. The Hall–Kier alpha value is -3.56. The fourth-order valence-corrected chi connectivity index (χ4v) is 5.30. The number of halogens is 1. The summed E-state index contributed by atoms with van der Waals surface area (Å²) in [6.45, 7) is 3.04. The van der Waals surface area contributed by atoms with Crippen molar-refractivity contribution in [3.8, 4) is 11.8 Å². The molecule has 0 radical (unpaired) electrons. The summed E-state index contributed by atoms with van der Waals surface area (Å²) in [4.78, 5) is 27.6. The standard InChI is InChI=1S/C27H24ClN5O/c1-2-31-26(34)24-25(33-22-10-6-9-21(22)29-27(31)33)30-23(16-13-18-7-4-3-5-8-18)32(24)17-19-11-14-20(28)15-12-19/h3-5,7-8,11-12,14-15,21-22H,2,6,9-10,17H2,1H3/t21-,22+/m1/s1. The molecule has 1 saturated carbocycles. The van der Waals surface area contributed by atoms with Gasteiger partial charge in [-0.15, -0.1) is 0 Å². The average Bonchev–Trinajstić information content (AvgIpc) is 3.54. The van der Waals surface area contributed by atoms with Gasteiger partial charge in [-0.25, -0.2) is 9.98 Å². The minimum Gasteiger partial charge on any atom is -0.307 e. The summed E-state index contributed by atoms with van der Waals surface area (Å²) in [6.07, 6.45) is 3.25. The van der Waals surface area contributed by atoms with Crippen LogP contribution < -0.4 is 4.90 Å². The van der Waals surface area contributed by atoms with Gasteiger partial charge in [0.15, 0.2) is 17.3 Å². The van der Waals surface area contributed by atoms with Crippen molar-refractivity contribution in [3.05, 3.63) is 82.3 Å². The van der Waals surface area contributed by atoms with Crippen LogP contribution in [0.4, 0.5) is 5.82 Å². The average molecular weight is 470 g/mol. The number of benzene rings is 2. The molecule has 3 aromatic rings. The largest absolute Gasteiger partial charge is 0.307 e. The fourth-order valence-electron chi connectivity index (χ4n) is 5.18. The van der Waals surface area contributed by atoms with E-state index in [1.54, 1.807) is 4.90 Å². The highest BCUT2D eigenvalue weighted by atomic mass is 35.5. The predicted molar refractivity (Wildman–Crippen MR) is 133 cm³/mol. The number of imidazole rings is 1. The molecule has 7 heteroatoms. The van der Waals surface area contributed by atoms with E-state index >= 15 is 0 Å². The van der Waals surface area contributed by atoms with Crippen molar-refractivity contribution in [3.63, 3.8) is 0 Å². The minimum atomic E-state index is -0.0679. The van der Waals surface area contributed by atoms with Gasteiger partial charge in [0.2, 0.25) is 5.96 Å². The van der Waals surface area contributed by atoms with E-state index in [1.807, 2.05) is 66.1 Å².